The van der Waals surface area contributed by atoms with Crippen molar-refractivity contribution in [1.29, 1.82) is 5.26 Å². The Morgan fingerprint density at radius 3 is 2.07 bits per heavy atom. The lowest BCUT2D eigenvalue weighted by molar-refractivity contribution is -0.253. The van der Waals surface area contributed by atoms with E-state index in [2.05, 4.69) is 24.5 Å². The molecule has 0 saturated carbocycles. The van der Waals surface area contributed by atoms with Crippen LogP contribution in [0.5, 0.6) is 5.75 Å². The van der Waals surface area contributed by atoms with Crippen LogP contribution in [0.3, 0.4) is 0 Å². The summed E-state index contributed by atoms with van der Waals surface area (Å²) < 4.78 is 64.7. The Balaban J connectivity index is 0. The van der Waals surface area contributed by atoms with E-state index in [4.69, 9.17) is 5.26 Å². The van der Waals surface area contributed by atoms with Crippen LogP contribution in [-0.2, 0) is 0 Å². The zero-order valence-electron chi connectivity index (χ0n) is 16.6. The van der Waals surface area contributed by atoms with Gasteiger partial charge < -0.3 is 4.74 Å². The summed E-state index contributed by atoms with van der Waals surface area (Å²) in [4.78, 5) is 0. The van der Waals surface area contributed by atoms with E-state index in [-0.39, 0.29) is 0 Å². The van der Waals surface area contributed by atoms with Crippen LogP contribution in [0, 0.1) is 24.1 Å². The summed E-state index contributed by atoms with van der Waals surface area (Å²) in [6.07, 6.45) is 0.0432. The van der Waals surface area contributed by atoms with Gasteiger partial charge in [-0.15, -0.1) is 0 Å². The van der Waals surface area contributed by atoms with Crippen molar-refractivity contribution >= 4 is 0 Å². The largest absolute Gasteiger partial charge is 0.461 e. The molecule has 1 aromatic carbocycles. The van der Waals surface area contributed by atoms with Gasteiger partial charge in [0, 0.05) is 11.6 Å². The van der Waals surface area contributed by atoms with E-state index in [0.717, 1.165) is 17.7 Å². The number of rotatable bonds is 6. The summed E-state index contributed by atoms with van der Waals surface area (Å²) in [6, 6.07) is 4.76. The van der Waals surface area contributed by atoms with Gasteiger partial charge in [-0.1, -0.05) is 49.6 Å². The molecule has 0 aliphatic heterocycles. The van der Waals surface area contributed by atoms with E-state index in [1.165, 1.54) is 6.92 Å². The molecule has 0 heterocycles. The molecule has 2 nitrogen and oxygen atoms in total. The van der Waals surface area contributed by atoms with Crippen molar-refractivity contribution in [2.75, 3.05) is 0 Å². The van der Waals surface area contributed by atoms with Crippen LogP contribution in [0.25, 0.3) is 0 Å². The number of alkyl halides is 4. The second-order valence-electron chi connectivity index (χ2n) is 5.44. The van der Waals surface area contributed by atoms with Crippen molar-refractivity contribution < 1.29 is 26.7 Å². The summed E-state index contributed by atoms with van der Waals surface area (Å²) in [6.45, 7) is 15.5. The van der Waals surface area contributed by atoms with Crippen LogP contribution < -0.4 is 4.74 Å². The summed E-state index contributed by atoms with van der Waals surface area (Å²) in [5.74, 6) is -1.45. The smallest absolute Gasteiger partial charge is 0.428 e. The Morgan fingerprint density at radius 2 is 1.72 bits per heavy atom. The molecule has 29 heavy (non-hydrogen) atoms. The number of ether oxygens (including phenoxy) is 1. The van der Waals surface area contributed by atoms with Crippen molar-refractivity contribution in [2.24, 2.45) is 0 Å². The summed E-state index contributed by atoms with van der Waals surface area (Å²) in [5.41, 5.74) is 1.92. The van der Waals surface area contributed by atoms with E-state index in [1.807, 2.05) is 26.0 Å². The minimum atomic E-state index is -4.61. The number of allylic oxidation sites excluding steroid dienone is 7. The minimum Gasteiger partial charge on any atom is -0.428 e. The van der Waals surface area contributed by atoms with Gasteiger partial charge in [0.15, 0.2) is 0 Å². The van der Waals surface area contributed by atoms with Gasteiger partial charge in [-0.25, -0.2) is 4.39 Å². The first-order valence-electron chi connectivity index (χ1n) is 8.19. The third kappa shape index (κ3) is 14.6. The second kappa shape index (κ2) is 14.9. The van der Waals surface area contributed by atoms with Crippen molar-refractivity contribution in [3.63, 3.8) is 0 Å². The standard InChI is InChI=1S/C9H7F5O.C9H11N.C4H6/c1-5-2-6(10)4-7(3-5)15-9(13,14)8(11)12;1-4-9(7-10)6-5-8(2)3;1-3-4-2/h2-4,8H,1H3;4-6H,2H2,1,3H3;3-4H,1-2H2/b;6-5-,9-4+;. The topological polar surface area (TPSA) is 33.0 Å². The Labute approximate surface area is 168 Å². The van der Waals surface area contributed by atoms with Crippen LogP contribution in [0.15, 0.2) is 79.5 Å². The van der Waals surface area contributed by atoms with E-state index in [0.29, 0.717) is 17.2 Å². The molecule has 0 atom stereocenters. The number of benzene rings is 1. The number of aryl methyl sites for hydroxylation is 1. The van der Waals surface area contributed by atoms with Crippen LogP contribution in [0.1, 0.15) is 19.4 Å². The van der Waals surface area contributed by atoms with Gasteiger partial charge in [-0.3, -0.25) is 0 Å². The van der Waals surface area contributed by atoms with E-state index >= 15 is 0 Å². The lowest BCUT2D eigenvalue weighted by Crippen LogP contribution is -2.33. The molecule has 158 valence electrons. The zero-order chi connectivity index (χ0) is 23.0. The van der Waals surface area contributed by atoms with Gasteiger partial charge in [0.1, 0.15) is 11.6 Å². The first kappa shape index (κ1) is 28.1. The molecule has 0 aliphatic carbocycles. The maximum absolute atomic E-state index is 12.7. The summed E-state index contributed by atoms with van der Waals surface area (Å²) in [5, 5.41) is 8.44. The van der Waals surface area contributed by atoms with Gasteiger partial charge in [0.2, 0.25) is 0 Å². The molecule has 1 aromatic rings. The van der Waals surface area contributed by atoms with E-state index in [9.17, 15) is 22.0 Å². The van der Waals surface area contributed by atoms with Crippen LogP contribution in [0.2, 0.25) is 0 Å². The normalized spacial score (nSPS) is 10.8. The highest BCUT2D eigenvalue weighted by molar-refractivity contribution is 5.35. The third-order valence-corrected chi connectivity index (χ3v) is 2.68. The van der Waals surface area contributed by atoms with E-state index < -0.39 is 24.1 Å². The molecule has 0 spiro atoms. The van der Waals surface area contributed by atoms with Crippen molar-refractivity contribution in [1.82, 2.24) is 0 Å². The molecular weight excluding hydrogens is 389 g/mol. The van der Waals surface area contributed by atoms with Crippen molar-refractivity contribution in [2.45, 2.75) is 33.3 Å². The molecule has 0 unspecified atom stereocenters. The molecule has 0 amide bonds. The van der Waals surface area contributed by atoms with Crippen LogP contribution in [0.4, 0.5) is 22.0 Å². The fraction of sp³-hybridized carbons (Fsp3) is 0.227. The highest BCUT2D eigenvalue weighted by atomic mass is 19.3. The van der Waals surface area contributed by atoms with Gasteiger partial charge in [0.25, 0.3) is 0 Å². The predicted molar refractivity (Wildman–Crippen MR) is 106 cm³/mol. The molecule has 0 bridgehead atoms. The van der Waals surface area contributed by atoms with Gasteiger partial charge in [0.05, 0.1) is 6.07 Å². The Bertz CT molecular complexity index is 748. The maximum Gasteiger partial charge on any atom is 0.461 e. The predicted octanol–water partition coefficient (Wildman–Crippen LogP) is 7.32. The lowest BCUT2D eigenvalue weighted by atomic mass is 10.2. The third-order valence-electron chi connectivity index (χ3n) is 2.68. The minimum absolute atomic E-state index is 0.301. The Hall–Kier alpha value is -3.14. The molecule has 0 saturated heterocycles. The molecule has 7 heteroatoms. The Morgan fingerprint density at radius 1 is 1.17 bits per heavy atom. The fourth-order valence-corrected chi connectivity index (χ4v) is 1.39. The van der Waals surface area contributed by atoms with Gasteiger partial charge >= 0.3 is 12.5 Å². The van der Waals surface area contributed by atoms with E-state index in [1.54, 1.807) is 24.3 Å². The highest BCUT2D eigenvalue weighted by Crippen LogP contribution is 2.28. The quantitative estimate of drug-likeness (QED) is 0.278. The highest BCUT2D eigenvalue weighted by Gasteiger charge is 2.44. The Kier molecular flexibility index (Phi) is 14.4. The monoisotopic (exact) mass is 413 g/mol. The maximum atomic E-state index is 12.7. The molecule has 1 rings (SSSR count). The molecular formula is C22H24F5NO. The number of hydrogen-bond donors (Lipinski definition) is 0. The number of nitriles is 1. The van der Waals surface area contributed by atoms with Crippen molar-refractivity contribution in [3.8, 4) is 11.8 Å². The number of hydrogen-bond acceptors (Lipinski definition) is 2. The summed E-state index contributed by atoms with van der Waals surface area (Å²) >= 11 is 0. The number of nitrogens with zero attached hydrogens (tertiary/aromatic N) is 1. The second-order valence-corrected chi connectivity index (χ2v) is 5.44. The molecule has 0 N–H and O–H groups in total. The first-order chi connectivity index (χ1) is 13.4. The zero-order valence-corrected chi connectivity index (χ0v) is 16.6. The SMILES string of the molecule is C=C(C)/C=C\C(C#N)=C/C.C=CC=C.Cc1cc(F)cc(OC(F)(F)C(F)F)c1. The van der Waals surface area contributed by atoms with Gasteiger partial charge in [-0.05, 0) is 44.5 Å². The molecule has 0 radical (unpaired) electrons. The summed E-state index contributed by atoms with van der Waals surface area (Å²) in [7, 11) is 0. The first-order valence-corrected chi connectivity index (χ1v) is 8.19. The average Bonchev–Trinajstić information content (AvgIpc) is 2.61. The lowest BCUT2D eigenvalue weighted by Gasteiger charge is -2.16. The molecule has 0 fully saturated rings. The molecule has 0 aromatic heterocycles. The van der Waals surface area contributed by atoms with Crippen LogP contribution >= 0.6 is 0 Å². The number of halogens is 5. The van der Waals surface area contributed by atoms with Crippen molar-refractivity contribution in [3.05, 3.63) is 90.8 Å². The fourth-order valence-electron chi connectivity index (χ4n) is 1.39. The average molecular weight is 413 g/mol. The van der Waals surface area contributed by atoms with Gasteiger partial charge in [-0.2, -0.15) is 22.8 Å². The molecule has 0 aliphatic rings. The van der Waals surface area contributed by atoms with Crippen LogP contribution in [-0.4, -0.2) is 12.5 Å².